The summed E-state index contributed by atoms with van der Waals surface area (Å²) in [5.74, 6) is -1.99. The molecule has 2 aliphatic rings. The van der Waals surface area contributed by atoms with Crippen LogP contribution < -0.4 is 5.73 Å². The molecule has 0 radical (unpaired) electrons. The number of aliphatic imine (C=N–C) groups is 1. The molecule has 1 aliphatic heterocycles. The highest BCUT2D eigenvalue weighted by molar-refractivity contribution is 7.18. The fraction of sp³-hybridized carbons (Fsp3) is 0.474. The van der Waals surface area contributed by atoms with Gasteiger partial charge in [0.15, 0.2) is 11.7 Å². The van der Waals surface area contributed by atoms with Gasteiger partial charge in [0.05, 0.1) is 12.2 Å². The van der Waals surface area contributed by atoms with Crippen molar-refractivity contribution in [2.24, 2.45) is 10.7 Å². The number of nitrogens with zero attached hydrogens (tertiary/aromatic N) is 3. The molecule has 28 heavy (non-hydrogen) atoms. The standard InChI is InChI=1S/C19H26F3N4OP/c1-24-11-15-12-26(5-4-25(15)3-2-20)19(27)9-14(23)6-13-7-16(28)10-18(22)17(21)8-13/h7-8,10-11,14,16H,1-6,9,12,23,28H2/b15-11-. The third kappa shape index (κ3) is 6.31. The number of hydrogen-bond donors (Lipinski definition) is 1. The van der Waals surface area contributed by atoms with E-state index in [1.165, 1.54) is 12.3 Å². The number of allylic oxidation sites excluding steroid dienone is 5. The predicted octanol–water partition coefficient (Wildman–Crippen LogP) is 2.64. The van der Waals surface area contributed by atoms with Crippen molar-refractivity contribution >= 4 is 21.9 Å². The number of alkyl halides is 1. The van der Waals surface area contributed by atoms with Gasteiger partial charge in [0.2, 0.25) is 5.91 Å². The van der Waals surface area contributed by atoms with Crippen LogP contribution in [0.3, 0.4) is 0 Å². The fourth-order valence-corrected chi connectivity index (χ4v) is 3.65. The summed E-state index contributed by atoms with van der Waals surface area (Å²) in [6.07, 6.45) is 5.84. The minimum absolute atomic E-state index is 0.0716. The molecule has 0 bridgehead atoms. The zero-order chi connectivity index (χ0) is 20.7. The lowest BCUT2D eigenvalue weighted by Crippen LogP contribution is -2.48. The molecule has 1 fully saturated rings. The number of carbonyl (C=O) groups is 1. The van der Waals surface area contributed by atoms with E-state index in [0.29, 0.717) is 25.2 Å². The second-order valence-corrected chi connectivity index (χ2v) is 7.56. The highest BCUT2D eigenvalue weighted by atomic mass is 31.0. The molecule has 9 heteroatoms. The molecule has 3 unspecified atom stereocenters. The maximum absolute atomic E-state index is 13.7. The van der Waals surface area contributed by atoms with Gasteiger partial charge in [-0.05, 0) is 30.9 Å². The monoisotopic (exact) mass is 414 g/mol. The summed E-state index contributed by atoms with van der Waals surface area (Å²) in [5, 5.41) is 0. The second-order valence-electron chi connectivity index (χ2n) is 6.79. The van der Waals surface area contributed by atoms with Gasteiger partial charge >= 0.3 is 0 Å². The van der Waals surface area contributed by atoms with Crippen molar-refractivity contribution in [3.63, 3.8) is 0 Å². The summed E-state index contributed by atoms with van der Waals surface area (Å²) in [6.45, 7) is 4.44. The summed E-state index contributed by atoms with van der Waals surface area (Å²) in [7, 11) is 2.41. The van der Waals surface area contributed by atoms with Crippen molar-refractivity contribution in [2.45, 2.75) is 24.5 Å². The van der Waals surface area contributed by atoms with Crippen LogP contribution in [0.5, 0.6) is 0 Å². The molecule has 0 saturated carbocycles. The molecule has 1 saturated heterocycles. The van der Waals surface area contributed by atoms with Crippen molar-refractivity contribution < 1.29 is 18.0 Å². The Morgan fingerprint density at radius 3 is 2.82 bits per heavy atom. The Morgan fingerprint density at radius 2 is 2.14 bits per heavy atom. The van der Waals surface area contributed by atoms with E-state index in [1.54, 1.807) is 11.0 Å². The van der Waals surface area contributed by atoms with Gasteiger partial charge in [-0.3, -0.25) is 9.79 Å². The highest BCUT2D eigenvalue weighted by Gasteiger charge is 2.25. The van der Waals surface area contributed by atoms with E-state index in [4.69, 9.17) is 5.73 Å². The first kappa shape index (κ1) is 22.4. The second kappa shape index (κ2) is 10.6. The molecule has 0 spiro atoms. The maximum atomic E-state index is 13.7. The average molecular weight is 414 g/mol. The van der Waals surface area contributed by atoms with Crippen LogP contribution in [0.1, 0.15) is 12.8 Å². The molecule has 0 aromatic rings. The molecule has 2 rings (SSSR count). The lowest BCUT2D eigenvalue weighted by atomic mass is 10.0. The SMILES string of the molecule is C=N/C=C1/CN(C(=O)CC(N)CC2=CC(P)C=C(F)C(F)=C2)CCN1CCF. The topological polar surface area (TPSA) is 61.9 Å². The summed E-state index contributed by atoms with van der Waals surface area (Å²) in [6, 6.07) is -0.532. The van der Waals surface area contributed by atoms with Gasteiger partial charge < -0.3 is 15.5 Å². The Bertz CT molecular complexity index is 720. The Labute approximate surface area is 165 Å². The van der Waals surface area contributed by atoms with Crippen molar-refractivity contribution in [3.8, 4) is 0 Å². The minimum Gasteiger partial charge on any atom is -0.368 e. The molecule has 3 atom stereocenters. The van der Waals surface area contributed by atoms with E-state index in [-0.39, 0.29) is 31.0 Å². The Balaban J connectivity index is 1.95. The number of halogens is 3. The molecule has 154 valence electrons. The van der Waals surface area contributed by atoms with Gasteiger partial charge in [0, 0.05) is 44.0 Å². The molecule has 2 N–H and O–H groups in total. The van der Waals surface area contributed by atoms with Gasteiger partial charge in [-0.1, -0.05) is 6.08 Å². The van der Waals surface area contributed by atoms with Crippen LogP contribution >= 0.6 is 9.24 Å². The van der Waals surface area contributed by atoms with Gasteiger partial charge in [0.1, 0.15) is 6.67 Å². The largest absolute Gasteiger partial charge is 0.368 e. The van der Waals surface area contributed by atoms with E-state index in [1.807, 2.05) is 4.90 Å². The summed E-state index contributed by atoms with van der Waals surface area (Å²) < 4.78 is 39.8. The molecule has 0 aromatic heterocycles. The van der Waals surface area contributed by atoms with Gasteiger partial charge in [-0.2, -0.15) is 0 Å². The molecule has 1 aliphatic carbocycles. The van der Waals surface area contributed by atoms with Gasteiger partial charge in [0.25, 0.3) is 0 Å². The summed E-state index contributed by atoms with van der Waals surface area (Å²) >= 11 is 0. The predicted molar refractivity (Wildman–Crippen MR) is 109 cm³/mol. The van der Waals surface area contributed by atoms with Crippen molar-refractivity contribution in [3.05, 3.63) is 47.4 Å². The first-order valence-electron chi connectivity index (χ1n) is 9.04. The van der Waals surface area contributed by atoms with Gasteiger partial charge in [-0.25, -0.2) is 13.2 Å². The quantitative estimate of drug-likeness (QED) is 0.515. The Morgan fingerprint density at radius 1 is 1.39 bits per heavy atom. The smallest absolute Gasteiger partial charge is 0.224 e. The molecule has 5 nitrogen and oxygen atoms in total. The van der Waals surface area contributed by atoms with E-state index >= 15 is 0 Å². The van der Waals surface area contributed by atoms with Crippen LogP contribution in [-0.2, 0) is 4.79 Å². The average Bonchev–Trinajstić information content (AvgIpc) is 2.74. The third-order valence-electron chi connectivity index (χ3n) is 4.57. The number of nitrogens with two attached hydrogens (primary N) is 1. The van der Waals surface area contributed by atoms with E-state index in [0.717, 1.165) is 11.8 Å². The molecule has 0 aromatic carbocycles. The van der Waals surface area contributed by atoms with E-state index in [9.17, 15) is 18.0 Å². The van der Waals surface area contributed by atoms with Crippen molar-refractivity contribution in [1.82, 2.24) is 9.80 Å². The van der Waals surface area contributed by atoms with Crippen LogP contribution in [0, 0.1) is 0 Å². The number of carbonyl (C=O) groups excluding carboxylic acids is 1. The van der Waals surface area contributed by atoms with E-state index in [2.05, 4.69) is 20.9 Å². The summed E-state index contributed by atoms with van der Waals surface area (Å²) in [5.41, 5.74) is 7.03. The van der Waals surface area contributed by atoms with Crippen LogP contribution in [0.4, 0.5) is 13.2 Å². The lowest BCUT2D eigenvalue weighted by Gasteiger charge is -2.37. The van der Waals surface area contributed by atoms with Gasteiger partial charge in [-0.15, -0.1) is 9.24 Å². The number of hydrogen-bond acceptors (Lipinski definition) is 4. The van der Waals surface area contributed by atoms with Crippen LogP contribution in [0.25, 0.3) is 0 Å². The Hall–Kier alpha value is -1.92. The fourth-order valence-electron chi connectivity index (χ4n) is 3.24. The number of amides is 1. The van der Waals surface area contributed by atoms with Crippen LogP contribution in [0.2, 0.25) is 0 Å². The first-order valence-corrected chi connectivity index (χ1v) is 9.71. The molecular formula is C19H26F3N4OP. The van der Waals surface area contributed by atoms with Crippen LogP contribution in [0.15, 0.2) is 52.3 Å². The highest BCUT2D eigenvalue weighted by Crippen LogP contribution is 2.26. The first-order chi connectivity index (χ1) is 13.3. The van der Waals surface area contributed by atoms with Crippen molar-refractivity contribution in [2.75, 3.05) is 32.9 Å². The number of piperazine rings is 1. The number of rotatable bonds is 7. The zero-order valence-electron chi connectivity index (χ0n) is 15.7. The normalized spacial score (nSPS) is 23.0. The molecular weight excluding hydrogens is 388 g/mol. The lowest BCUT2D eigenvalue weighted by molar-refractivity contribution is -0.132. The Kier molecular flexibility index (Phi) is 8.45. The van der Waals surface area contributed by atoms with E-state index < -0.39 is 24.4 Å². The summed E-state index contributed by atoms with van der Waals surface area (Å²) in [4.78, 5) is 19.8. The zero-order valence-corrected chi connectivity index (χ0v) is 16.8. The van der Waals surface area contributed by atoms with Crippen molar-refractivity contribution in [1.29, 1.82) is 0 Å². The maximum Gasteiger partial charge on any atom is 0.224 e. The molecule has 1 heterocycles. The van der Waals surface area contributed by atoms with Crippen LogP contribution in [-0.4, -0.2) is 67.0 Å². The molecule has 1 amide bonds. The third-order valence-corrected chi connectivity index (χ3v) is 4.95. The minimum atomic E-state index is -0.939.